The number of hydrogen-bond donors (Lipinski definition) is 2. The number of aromatic nitrogens is 4. The van der Waals surface area contributed by atoms with E-state index in [9.17, 15) is 19.8 Å². The number of hydrogen-bond acceptors (Lipinski definition) is 9. The number of carboxylic acids is 2. The average Bonchev–Trinajstić information content (AvgIpc) is 3.76. The monoisotopic (exact) mass is 992 g/mol. The number of carboxylic acid groups (broad SMARTS) is 2. The topological polar surface area (TPSA) is 126 Å². The quantitative estimate of drug-likeness (QED) is 0.0419. The summed E-state index contributed by atoms with van der Waals surface area (Å²) >= 11 is 5.14. The molecule has 2 heterocycles. The zero-order valence-electron chi connectivity index (χ0n) is 42.3. The van der Waals surface area contributed by atoms with Crippen LogP contribution in [0.25, 0.3) is 24.3 Å². The first kappa shape index (κ1) is 52.5. The van der Waals surface area contributed by atoms with E-state index in [1.165, 1.54) is 70.2 Å². The van der Waals surface area contributed by atoms with Gasteiger partial charge in [0.15, 0.2) is 9.50 Å². The number of benzene rings is 4. The van der Waals surface area contributed by atoms with Gasteiger partial charge in [-0.1, -0.05) is 163 Å². The maximum absolute atomic E-state index is 11.2. The molecule has 0 amide bonds. The third kappa shape index (κ3) is 13.3. The zero-order valence-corrected chi connectivity index (χ0v) is 44.7. The molecule has 2 aliphatic rings. The highest BCUT2D eigenvalue weighted by Crippen LogP contribution is 2.48. The van der Waals surface area contributed by atoms with Gasteiger partial charge in [-0.25, -0.2) is 19.6 Å². The summed E-state index contributed by atoms with van der Waals surface area (Å²) in [4.78, 5) is 31.0. The third-order valence-corrected chi connectivity index (χ3v) is 17.2. The van der Waals surface area contributed by atoms with Gasteiger partial charge in [0.25, 0.3) is 0 Å². The summed E-state index contributed by atoms with van der Waals surface area (Å²) < 4.78 is 1.04. The van der Waals surface area contributed by atoms with E-state index in [1.807, 2.05) is 37.3 Å². The highest BCUT2D eigenvalue weighted by molar-refractivity contribution is 8.01. The first-order valence-corrected chi connectivity index (χ1v) is 27.2. The van der Waals surface area contributed by atoms with Crippen molar-refractivity contribution in [3.05, 3.63) is 163 Å². The van der Waals surface area contributed by atoms with Gasteiger partial charge in [0, 0.05) is 23.9 Å². The number of nitrogens with zero attached hydrogens (tertiary/aromatic N) is 4. The van der Waals surface area contributed by atoms with E-state index < -0.39 is 11.9 Å². The zero-order chi connectivity index (χ0) is 50.3. The summed E-state index contributed by atoms with van der Waals surface area (Å²) in [7, 11) is 0. The van der Waals surface area contributed by atoms with Gasteiger partial charge in [-0.2, -0.15) is 0 Å². The van der Waals surface area contributed by atoms with E-state index in [1.54, 1.807) is 71.5 Å². The number of aromatic carboxylic acids is 2. The summed E-state index contributed by atoms with van der Waals surface area (Å²) in [6.07, 6.45) is 21.0. The third-order valence-electron chi connectivity index (χ3n) is 14.1. The van der Waals surface area contributed by atoms with E-state index in [4.69, 9.17) is 0 Å². The first-order chi connectivity index (χ1) is 33.2. The van der Waals surface area contributed by atoms with Gasteiger partial charge in [0.1, 0.15) is 5.01 Å². The summed E-state index contributed by atoms with van der Waals surface area (Å²) in [5.74, 6) is 0.181. The van der Waals surface area contributed by atoms with Crippen LogP contribution in [0.15, 0.2) is 101 Å². The second-order valence-corrected chi connectivity index (χ2v) is 24.9. The minimum atomic E-state index is -0.902. The molecule has 0 bridgehead atoms. The van der Waals surface area contributed by atoms with Crippen LogP contribution in [0.1, 0.15) is 175 Å². The number of thioether (sulfide) groups is 2. The molecule has 2 aromatic heterocycles. The number of fused-ring (bicyclic) bond motifs is 2. The fraction of sp³-hybridized carbons (Fsp3) is 0.390. The molecule has 0 radical (unpaired) electrons. The molecule has 0 saturated carbocycles. The highest BCUT2D eigenvalue weighted by Gasteiger charge is 2.39. The van der Waals surface area contributed by atoms with Crippen LogP contribution in [-0.2, 0) is 34.5 Å². The number of aryl methyl sites for hydroxylation is 3. The molecule has 0 atom stereocenters. The molecule has 0 fully saturated rings. The fourth-order valence-corrected chi connectivity index (χ4v) is 12.1. The van der Waals surface area contributed by atoms with Gasteiger partial charge in [-0.3, -0.25) is 0 Å². The van der Waals surface area contributed by atoms with Crippen LogP contribution in [0.5, 0.6) is 0 Å². The molecule has 11 heteroatoms. The summed E-state index contributed by atoms with van der Waals surface area (Å²) in [5.41, 5.74) is 14.4. The first-order valence-electron chi connectivity index (χ1n) is 24.4. The number of rotatable bonds is 16. The molecule has 0 spiro atoms. The van der Waals surface area contributed by atoms with Gasteiger partial charge in [-0.05, 0) is 166 Å². The molecule has 366 valence electrons. The van der Waals surface area contributed by atoms with Gasteiger partial charge in [0.2, 0.25) is 0 Å². The largest absolute Gasteiger partial charge is 0.478 e. The molecule has 2 N–H and O–H groups in total. The lowest BCUT2D eigenvalue weighted by molar-refractivity contribution is 0.0686. The van der Waals surface area contributed by atoms with Crippen molar-refractivity contribution in [3.8, 4) is 0 Å². The predicted molar refractivity (Wildman–Crippen MR) is 293 cm³/mol. The SMILES string of the molecule is CC1(C)CCC(C)(C)c2cc(CCCSc3ncccn3)c(/C=C/c3ccc(C(=O)O)cc3)cc21.Cc1nnc(SCCCc2cc3c(cc2/C=C/c2ccc(C(=O)O)cc2)C(C)(C)CCC3(C)C)s1. The minimum absolute atomic E-state index is 0.148. The Morgan fingerprint density at radius 1 is 0.571 bits per heavy atom. The Kier molecular flexibility index (Phi) is 16.8. The molecular formula is C59H68N4O4S3. The lowest BCUT2D eigenvalue weighted by Gasteiger charge is -2.42. The Morgan fingerprint density at radius 3 is 1.36 bits per heavy atom. The molecular weight excluding hydrogens is 925 g/mol. The molecule has 70 heavy (non-hydrogen) atoms. The lowest BCUT2D eigenvalue weighted by Crippen LogP contribution is -2.34. The van der Waals surface area contributed by atoms with Crippen LogP contribution in [0, 0.1) is 6.92 Å². The molecule has 6 aromatic rings. The van der Waals surface area contributed by atoms with Crippen LogP contribution < -0.4 is 0 Å². The summed E-state index contributed by atoms with van der Waals surface area (Å²) in [6, 6.07) is 25.7. The van der Waals surface area contributed by atoms with Crippen molar-refractivity contribution in [2.45, 2.75) is 145 Å². The van der Waals surface area contributed by atoms with Crippen molar-refractivity contribution in [2.24, 2.45) is 0 Å². The summed E-state index contributed by atoms with van der Waals surface area (Å²) in [6.45, 7) is 20.9. The standard InChI is InChI=1S/C30H34N2O2S.C29H34N2O2S2/c1-29(2)14-15-30(3,4)26-20-24(13-10-21-8-11-22(12-9-21)27(33)34)23(19-25(26)29)7-5-18-35-28-31-16-6-17-32-28;1-19-30-31-27(35-19)34-16-6-7-22-17-24-25(29(4,5)15-14-28(24,2)3)18-23(22)13-10-20-8-11-21(12-9-20)26(32)33/h6,8-13,16-17,19-20H,5,7,14-15,18H2,1-4H3,(H,33,34);8-13,17-18H,6-7,14-16H2,1-5H3,(H,32,33)/b2*13-10+. The lowest BCUT2D eigenvalue weighted by atomic mass is 9.62. The van der Waals surface area contributed by atoms with Gasteiger partial charge in [0.05, 0.1) is 11.1 Å². The maximum atomic E-state index is 11.2. The van der Waals surface area contributed by atoms with E-state index >= 15 is 0 Å². The molecule has 0 unspecified atom stereocenters. The van der Waals surface area contributed by atoms with Crippen molar-refractivity contribution in [1.82, 2.24) is 20.2 Å². The highest BCUT2D eigenvalue weighted by atomic mass is 32.2. The van der Waals surface area contributed by atoms with Gasteiger partial charge >= 0.3 is 11.9 Å². The molecule has 4 aromatic carbocycles. The second kappa shape index (κ2) is 22.4. The fourth-order valence-electron chi connectivity index (χ4n) is 9.48. The van der Waals surface area contributed by atoms with Crippen LogP contribution >= 0.6 is 34.9 Å². The summed E-state index contributed by atoms with van der Waals surface area (Å²) in [5, 5.41) is 28.5. The maximum Gasteiger partial charge on any atom is 0.335 e. The van der Waals surface area contributed by atoms with Crippen LogP contribution in [0.3, 0.4) is 0 Å². The van der Waals surface area contributed by atoms with E-state index in [2.05, 4.69) is 124 Å². The van der Waals surface area contributed by atoms with Crippen molar-refractivity contribution in [3.63, 3.8) is 0 Å². The second-order valence-electron chi connectivity index (χ2n) is 21.3. The van der Waals surface area contributed by atoms with Crippen LogP contribution in [0.2, 0.25) is 0 Å². The van der Waals surface area contributed by atoms with E-state index in [0.29, 0.717) is 11.1 Å². The average molecular weight is 993 g/mol. The Morgan fingerprint density at radius 2 is 0.971 bits per heavy atom. The smallest absolute Gasteiger partial charge is 0.335 e. The Bertz CT molecular complexity index is 2850. The van der Waals surface area contributed by atoms with Crippen LogP contribution in [0.4, 0.5) is 0 Å². The molecule has 0 saturated heterocycles. The minimum Gasteiger partial charge on any atom is -0.478 e. The predicted octanol–water partition coefficient (Wildman–Crippen LogP) is 15.2. The number of carbonyl (C=O) groups is 2. The molecule has 2 aliphatic carbocycles. The molecule has 0 aliphatic heterocycles. The van der Waals surface area contributed by atoms with Crippen molar-refractivity contribution in [1.29, 1.82) is 0 Å². The molecule has 8 rings (SSSR count). The van der Waals surface area contributed by atoms with E-state index in [-0.39, 0.29) is 21.7 Å². The van der Waals surface area contributed by atoms with Gasteiger partial charge in [-0.15, -0.1) is 10.2 Å². The van der Waals surface area contributed by atoms with Crippen molar-refractivity contribution < 1.29 is 19.8 Å². The van der Waals surface area contributed by atoms with Crippen LogP contribution in [-0.4, -0.2) is 53.8 Å². The Hall–Kier alpha value is -5.36. The molecule has 8 nitrogen and oxygen atoms in total. The Labute approximate surface area is 428 Å². The van der Waals surface area contributed by atoms with Crippen molar-refractivity contribution in [2.75, 3.05) is 11.5 Å². The van der Waals surface area contributed by atoms with Gasteiger partial charge < -0.3 is 10.2 Å². The normalized spacial score (nSPS) is 16.3. The van der Waals surface area contributed by atoms with Crippen molar-refractivity contribution >= 4 is 71.1 Å². The Balaban J connectivity index is 0.000000206. The van der Waals surface area contributed by atoms with E-state index in [0.717, 1.165) is 62.8 Å².